The number of morpholine rings is 1. The van der Waals surface area contributed by atoms with Gasteiger partial charge in [0.15, 0.2) is 0 Å². The van der Waals surface area contributed by atoms with Gasteiger partial charge in [-0.05, 0) is 39.0 Å². The summed E-state index contributed by atoms with van der Waals surface area (Å²) in [6.45, 7) is 7.88. The van der Waals surface area contributed by atoms with E-state index >= 15 is 0 Å². The third kappa shape index (κ3) is 3.89. The van der Waals surface area contributed by atoms with Crippen molar-refractivity contribution in [3.05, 3.63) is 18.2 Å². The Morgan fingerprint density at radius 2 is 1.90 bits per heavy atom. The van der Waals surface area contributed by atoms with Gasteiger partial charge in [0, 0.05) is 64.0 Å². The van der Waals surface area contributed by atoms with Gasteiger partial charge in [-0.3, -0.25) is 14.5 Å². The lowest BCUT2D eigenvalue weighted by molar-refractivity contribution is -0.170. The largest absolute Gasteiger partial charge is 0.372 e. The number of likely N-dealkylation sites (tertiary alicyclic amines) is 1. The summed E-state index contributed by atoms with van der Waals surface area (Å²) in [6.07, 6.45) is 7.45. The van der Waals surface area contributed by atoms with Crippen molar-refractivity contribution in [1.82, 2.24) is 24.3 Å². The first-order chi connectivity index (χ1) is 14.9. The molecule has 5 rings (SSSR count). The van der Waals surface area contributed by atoms with Crippen molar-refractivity contribution in [1.29, 1.82) is 0 Å². The molecule has 0 aromatic carbocycles. The highest BCUT2D eigenvalue weighted by molar-refractivity contribution is 5.89. The van der Waals surface area contributed by atoms with E-state index in [4.69, 9.17) is 4.74 Å². The SMILES string of the molecule is C[C@@H]1CN(C(=O)[C@H]2[C@@H]3C[C@@H](CN(Cc4nccn4C)C3)[C@@H]3CCCC(=O)N32)C[C@H](C)O1. The van der Waals surface area contributed by atoms with Crippen LogP contribution in [0.4, 0.5) is 0 Å². The zero-order chi connectivity index (χ0) is 21.7. The van der Waals surface area contributed by atoms with Gasteiger partial charge >= 0.3 is 0 Å². The summed E-state index contributed by atoms with van der Waals surface area (Å²) < 4.78 is 7.93. The number of aryl methyl sites for hydroxylation is 1. The van der Waals surface area contributed by atoms with Crippen LogP contribution >= 0.6 is 0 Å². The number of carbonyl (C=O) groups excluding carboxylic acids is 2. The molecular weight excluding hydrogens is 394 g/mol. The molecular formula is C23H35N5O3. The van der Waals surface area contributed by atoms with Gasteiger partial charge in [0.1, 0.15) is 11.9 Å². The third-order valence-electron chi connectivity index (χ3n) is 7.69. The topological polar surface area (TPSA) is 70.9 Å². The molecule has 0 unspecified atom stereocenters. The molecule has 1 aromatic heterocycles. The van der Waals surface area contributed by atoms with Crippen LogP contribution in [-0.2, 0) is 27.9 Å². The highest BCUT2D eigenvalue weighted by Crippen LogP contribution is 2.42. The minimum Gasteiger partial charge on any atom is -0.372 e. The number of imidazole rings is 1. The van der Waals surface area contributed by atoms with Gasteiger partial charge in [0.05, 0.1) is 18.8 Å². The van der Waals surface area contributed by atoms with E-state index in [1.54, 1.807) is 0 Å². The second kappa shape index (κ2) is 8.20. The second-order valence-corrected chi connectivity index (χ2v) is 10.1. The van der Waals surface area contributed by atoms with E-state index in [-0.39, 0.29) is 42.0 Å². The summed E-state index contributed by atoms with van der Waals surface area (Å²) >= 11 is 0. The lowest BCUT2D eigenvalue weighted by Gasteiger charge is -2.56. The monoisotopic (exact) mass is 429 g/mol. The molecule has 4 fully saturated rings. The van der Waals surface area contributed by atoms with E-state index < -0.39 is 0 Å². The van der Waals surface area contributed by atoms with Gasteiger partial charge in [0.25, 0.3) is 0 Å². The van der Waals surface area contributed by atoms with Crippen molar-refractivity contribution < 1.29 is 14.3 Å². The van der Waals surface area contributed by atoms with Crippen LogP contribution in [0.2, 0.25) is 0 Å². The molecule has 5 heterocycles. The molecule has 8 heteroatoms. The van der Waals surface area contributed by atoms with Gasteiger partial charge in [-0.2, -0.15) is 0 Å². The van der Waals surface area contributed by atoms with E-state index in [1.165, 1.54) is 0 Å². The molecule has 31 heavy (non-hydrogen) atoms. The Morgan fingerprint density at radius 1 is 1.16 bits per heavy atom. The van der Waals surface area contributed by atoms with Crippen molar-refractivity contribution in [3.63, 3.8) is 0 Å². The zero-order valence-electron chi connectivity index (χ0n) is 18.9. The van der Waals surface area contributed by atoms with Gasteiger partial charge in [-0.25, -0.2) is 4.98 Å². The quantitative estimate of drug-likeness (QED) is 0.724. The zero-order valence-corrected chi connectivity index (χ0v) is 18.9. The van der Waals surface area contributed by atoms with Crippen LogP contribution in [0.3, 0.4) is 0 Å². The fourth-order valence-electron chi connectivity index (χ4n) is 6.49. The molecule has 2 amide bonds. The molecule has 0 saturated carbocycles. The van der Waals surface area contributed by atoms with Crippen molar-refractivity contribution >= 4 is 11.8 Å². The number of fused-ring (bicyclic) bond motifs is 4. The van der Waals surface area contributed by atoms with Crippen molar-refractivity contribution in [2.75, 3.05) is 26.2 Å². The number of hydrogen-bond acceptors (Lipinski definition) is 5. The molecule has 8 nitrogen and oxygen atoms in total. The van der Waals surface area contributed by atoms with E-state index in [0.29, 0.717) is 25.4 Å². The highest BCUT2D eigenvalue weighted by atomic mass is 16.5. The summed E-state index contributed by atoms with van der Waals surface area (Å²) in [5.74, 6) is 1.98. The van der Waals surface area contributed by atoms with Crippen LogP contribution in [0.25, 0.3) is 0 Å². The smallest absolute Gasteiger partial charge is 0.245 e. The number of nitrogens with zero attached hydrogens (tertiary/aromatic N) is 5. The predicted molar refractivity (Wildman–Crippen MR) is 115 cm³/mol. The predicted octanol–water partition coefficient (Wildman–Crippen LogP) is 1.26. The number of ether oxygens (including phenoxy) is 1. The van der Waals surface area contributed by atoms with E-state index in [2.05, 4.69) is 14.5 Å². The summed E-state index contributed by atoms with van der Waals surface area (Å²) in [6, 6.07) is -0.151. The lowest BCUT2D eigenvalue weighted by Crippen LogP contribution is -2.69. The fraction of sp³-hybridized carbons (Fsp3) is 0.783. The Hall–Kier alpha value is -1.93. The molecule has 170 valence electrons. The summed E-state index contributed by atoms with van der Waals surface area (Å²) in [5, 5.41) is 0. The first-order valence-corrected chi connectivity index (χ1v) is 11.8. The molecule has 4 saturated heterocycles. The Balaban J connectivity index is 1.41. The Bertz CT molecular complexity index is 831. The second-order valence-electron chi connectivity index (χ2n) is 10.1. The molecule has 1 aromatic rings. The van der Waals surface area contributed by atoms with Crippen LogP contribution < -0.4 is 0 Å². The lowest BCUT2D eigenvalue weighted by atomic mass is 9.71. The van der Waals surface area contributed by atoms with Gasteiger partial charge in [-0.1, -0.05) is 0 Å². The Labute approximate surface area is 184 Å². The molecule has 0 aliphatic carbocycles. The maximum Gasteiger partial charge on any atom is 0.245 e. The first-order valence-electron chi connectivity index (χ1n) is 11.8. The minimum atomic E-state index is -0.337. The Morgan fingerprint density at radius 3 is 2.61 bits per heavy atom. The molecule has 0 N–H and O–H groups in total. The number of aromatic nitrogens is 2. The summed E-state index contributed by atoms with van der Waals surface area (Å²) in [4.78, 5) is 37.9. The molecule has 4 aliphatic heterocycles. The average Bonchev–Trinajstić information content (AvgIpc) is 3.12. The number of amides is 2. The van der Waals surface area contributed by atoms with E-state index in [9.17, 15) is 9.59 Å². The van der Waals surface area contributed by atoms with Gasteiger partial charge in [0.2, 0.25) is 11.8 Å². The number of hydrogen-bond donors (Lipinski definition) is 0. The molecule has 2 bridgehead atoms. The normalized spacial score (nSPS) is 36.4. The maximum absolute atomic E-state index is 13.9. The van der Waals surface area contributed by atoms with Crippen LogP contribution in [0.1, 0.15) is 45.4 Å². The molecule has 0 radical (unpaired) electrons. The van der Waals surface area contributed by atoms with Crippen molar-refractivity contribution in [2.45, 2.75) is 70.4 Å². The summed E-state index contributed by atoms with van der Waals surface area (Å²) in [7, 11) is 2.03. The minimum absolute atomic E-state index is 0.0307. The van der Waals surface area contributed by atoms with Gasteiger partial charge < -0.3 is 19.1 Å². The standard InChI is InChI=1S/C23H35N5O3/c1-15-10-27(11-16(2)31-15)23(30)22-18-9-17(19-5-4-6-21(29)28(19)22)12-26(13-18)14-20-24-7-8-25(20)3/h7-8,15-19,22H,4-6,9-14H2,1-3H3/t15-,16+,17-,18+,19-,22+/m0/s1. The van der Waals surface area contributed by atoms with Crippen LogP contribution in [0.5, 0.6) is 0 Å². The highest BCUT2D eigenvalue weighted by Gasteiger charge is 2.53. The van der Waals surface area contributed by atoms with Crippen LogP contribution in [0, 0.1) is 11.8 Å². The number of carbonyl (C=O) groups is 2. The maximum atomic E-state index is 13.9. The average molecular weight is 430 g/mol. The number of piperidine rings is 3. The fourth-order valence-corrected chi connectivity index (χ4v) is 6.49. The first kappa shape index (κ1) is 20.9. The van der Waals surface area contributed by atoms with Crippen molar-refractivity contribution in [3.8, 4) is 0 Å². The van der Waals surface area contributed by atoms with E-state index in [1.807, 2.05) is 43.1 Å². The molecule has 4 aliphatic rings. The molecule has 6 atom stereocenters. The van der Waals surface area contributed by atoms with Gasteiger partial charge in [-0.15, -0.1) is 0 Å². The Kier molecular flexibility index (Phi) is 5.54. The van der Waals surface area contributed by atoms with Crippen molar-refractivity contribution in [2.24, 2.45) is 18.9 Å². The van der Waals surface area contributed by atoms with Crippen LogP contribution in [0.15, 0.2) is 12.4 Å². The number of rotatable bonds is 3. The van der Waals surface area contributed by atoms with Crippen LogP contribution in [-0.4, -0.2) is 86.5 Å². The summed E-state index contributed by atoms with van der Waals surface area (Å²) in [5.41, 5.74) is 0. The van der Waals surface area contributed by atoms with E-state index in [0.717, 1.165) is 44.7 Å². The third-order valence-corrected chi connectivity index (χ3v) is 7.69. The molecule has 0 spiro atoms.